The van der Waals surface area contributed by atoms with Gasteiger partial charge >= 0.3 is 0 Å². The van der Waals surface area contributed by atoms with Gasteiger partial charge in [0.05, 0.1) is 5.57 Å². The van der Waals surface area contributed by atoms with E-state index in [1.807, 2.05) is 0 Å². The first-order chi connectivity index (χ1) is 5.15. The van der Waals surface area contributed by atoms with Crippen LogP contribution >= 0.6 is 0 Å². The third kappa shape index (κ3) is 1.33. The third-order valence-electron chi connectivity index (χ3n) is 1.59. The zero-order chi connectivity index (χ0) is 8.43. The molecule has 2 N–H and O–H groups in total. The monoisotopic (exact) mass is 152 g/mol. The summed E-state index contributed by atoms with van der Waals surface area (Å²) < 4.78 is 0. The number of aliphatic hydroxyl groups is 2. The Morgan fingerprint density at radius 3 is 2.73 bits per heavy atom. The van der Waals surface area contributed by atoms with Crippen molar-refractivity contribution in [1.29, 1.82) is 0 Å². The van der Waals surface area contributed by atoms with E-state index in [4.69, 9.17) is 10.2 Å². The Bertz CT molecular complexity index is 290. The molecular weight excluding hydrogens is 144 g/mol. The number of aliphatic hydroxyl groups excluding tert-OH is 2. The second-order valence-electron chi connectivity index (χ2n) is 2.45. The standard InChI is InChI=1S/C8H8O3/c1-5-2-6(4-9)8(11)3-7(5)10/h3,10-11H,2H2,1H3. The van der Waals surface area contributed by atoms with Gasteiger partial charge in [0.25, 0.3) is 0 Å². The molecule has 0 saturated carbocycles. The summed E-state index contributed by atoms with van der Waals surface area (Å²) >= 11 is 0. The lowest BCUT2D eigenvalue weighted by Crippen LogP contribution is -2.00. The van der Waals surface area contributed by atoms with Gasteiger partial charge in [-0.25, -0.2) is 4.79 Å². The van der Waals surface area contributed by atoms with Crippen LogP contribution in [0.1, 0.15) is 13.3 Å². The molecule has 0 aromatic carbocycles. The lowest BCUT2D eigenvalue weighted by atomic mass is 10.00. The van der Waals surface area contributed by atoms with Gasteiger partial charge in [-0.15, -0.1) is 0 Å². The molecule has 0 spiro atoms. The van der Waals surface area contributed by atoms with E-state index in [1.54, 1.807) is 12.9 Å². The highest BCUT2D eigenvalue weighted by molar-refractivity contribution is 5.62. The zero-order valence-corrected chi connectivity index (χ0v) is 6.09. The fraction of sp³-hybridized carbons (Fsp3) is 0.250. The Morgan fingerprint density at radius 2 is 2.18 bits per heavy atom. The maximum Gasteiger partial charge on any atom is 0.133 e. The molecular formula is C8H8O3. The van der Waals surface area contributed by atoms with Crippen LogP contribution in [-0.2, 0) is 4.79 Å². The summed E-state index contributed by atoms with van der Waals surface area (Å²) in [6, 6.07) is 0. The smallest absolute Gasteiger partial charge is 0.133 e. The van der Waals surface area contributed by atoms with Crippen LogP contribution in [0.15, 0.2) is 28.7 Å². The molecule has 0 unspecified atom stereocenters. The van der Waals surface area contributed by atoms with E-state index in [1.165, 1.54) is 0 Å². The van der Waals surface area contributed by atoms with Gasteiger partial charge in [-0.3, -0.25) is 0 Å². The summed E-state index contributed by atoms with van der Waals surface area (Å²) in [4.78, 5) is 10.2. The molecule has 0 radical (unpaired) electrons. The predicted octanol–water partition coefficient (Wildman–Crippen LogP) is 1.42. The van der Waals surface area contributed by atoms with Gasteiger partial charge in [0, 0.05) is 12.5 Å². The van der Waals surface area contributed by atoms with Crippen molar-refractivity contribution < 1.29 is 15.0 Å². The van der Waals surface area contributed by atoms with Gasteiger partial charge in [-0.2, -0.15) is 0 Å². The highest BCUT2D eigenvalue weighted by atomic mass is 16.3. The molecule has 0 amide bonds. The van der Waals surface area contributed by atoms with Crippen LogP contribution in [0.3, 0.4) is 0 Å². The molecule has 0 heterocycles. The molecule has 0 saturated heterocycles. The summed E-state index contributed by atoms with van der Waals surface area (Å²) in [5.74, 6) is 1.45. The van der Waals surface area contributed by atoms with Crippen LogP contribution in [0.25, 0.3) is 0 Å². The molecule has 0 aromatic rings. The molecule has 3 nitrogen and oxygen atoms in total. The van der Waals surface area contributed by atoms with Crippen molar-refractivity contribution in [2.24, 2.45) is 0 Å². The molecule has 0 bridgehead atoms. The maximum absolute atomic E-state index is 10.2. The summed E-state index contributed by atoms with van der Waals surface area (Å²) in [6.07, 6.45) is 1.43. The van der Waals surface area contributed by atoms with Crippen molar-refractivity contribution in [1.82, 2.24) is 0 Å². The molecule has 58 valence electrons. The van der Waals surface area contributed by atoms with Gasteiger partial charge < -0.3 is 10.2 Å². The lowest BCUT2D eigenvalue weighted by Gasteiger charge is -2.10. The average Bonchev–Trinajstić information content (AvgIpc) is 1.97. The van der Waals surface area contributed by atoms with Crippen LogP contribution in [0.2, 0.25) is 0 Å². The fourth-order valence-electron chi connectivity index (χ4n) is 0.874. The van der Waals surface area contributed by atoms with E-state index in [0.29, 0.717) is 5.57 Å². The van der Waals surface area contributed by atoms with Gasteiger partial charge in [0.1, 0.15) is 17.5 Å². The molecule has 1 rings (SSSR count). The average molecular weight is 152 g/mol. The maximum atomic E-state index is 10.2. The van der Waals surface area contributed by atoms with Crippen LogP contribution in [0.5, 0.6) is 0 Å². The summed E-state index contributed by atoms with van der Waals surface area (Å²) in [6.45, 7) is 1.69. The van der Waals surface area contributed by atoms with E-state index in [2.05, 4.69) is 0 Å². The summed E-state index contributed by atoms with van der Waals surface area (Å²) in [7, 11) is 0. The second-order valence-corrected chi connectivity index (χ2v) is 2.45. The van der Waals surface area contributed by atoms with Gasteiger partial charge in [0.15, 0.2) is 0 Å². The number of hydrogen-bond acceptors (Lipinski definition) is 3. The van der Waals surface area contributed by atoms with Crippen LogP contribution in [0.4, 0.5) is 0 Å². The summed E-state index contributed by atoms with van der Waals surface area (Å²) in [5.41, 5.74) is 0.862. The van der Waals surface area contributed by atoms with E-state index >= 15 is 0 Å². The number of carbonyl (C=O) groups excluding carboxylic acids is 1. The van der Waals surface area contributed by atoms with Crippen molar-refractivity contribution >= 4 is 5.94 Å². The highest BCUT2D eigenvalue weighted by Crippen LogP contribution is 2.23. The first kappa shape index (κ1) is 7.63. The van der Waals surface area contributed by atoms with E-state index < -0.39 is 0 Å². The molecule has 1 aliphatic carbocycles. The lowest BCUT2D eigenvalue weighted by molar-refractivity contribution is 0.384. The normalized spacial score (nSPS) is 17.9. The Morgan fingerprint density at radius 1 is 1.55 bits per heavy atom. The molecule has 0 atom stereocenters. The second kappa shape index (κ2) is 2.64. The first-order valence-electron chi connectivity index (χ1n) is 3.19. The molecule has 1 aliphatic rings. The van der Waals surface area contributed by atoms with Crippen molar-refractivity contribution in [2.45, 2.75) is 13.3 Å². The first-order valence-corrected chi connectivity index (χ1v) is 3.19. The molecule has 0 aliphatic heterocycles. The van der Waals surface area contributed by atoms with Crippen molar-refractivity contribution in [3.63, 3.8) is 0 Å². The Labute approximate surface area is 64.0 Å². The van der Waals surface area contributed by atoms with Gasteiger partial charge in [-0.1, -0.05) is 0 Å². The third-order valence-corrected chi connectivity index (χ3v) is 1.59. The zero-order valence-electron chi connectivity index (χ0n) is 6.09. The molecule has 11 heavy (non-hydrogen) atoms. The van der Waals surface area contributed by atoms with E-state index in [9.17, 15) is 4.79 Å². The van der Waals surface area contributed by atoms with E-state index in [0.717, 1.165) is 6.08 Å². The molecule has 0 fully saturated rings. The molecule has 3 heteroatoms. The minimum absolute atomic E-state index is 0.0292. The largest absolute Gasteiger partial charge is 0.508 e. The van der Waals surface area contributed by atoms with Crippen molar-refractivity contribution in [3.8, 4) is 0 Å². The quantitative estimate of drug-likeness (QED) is 0.516. The van der Waals surface area contributed by atoms with Crippen molar-refractivity contribution in [2.75, 3.05) is 0 Å². The minimum Gasteiger partial charge on any atom is -0.508 e. The SMILES string of the molecule is CC1=C(O)C=C(O)C(=C=O)C1. The highest BCUT2D eigenvalue weighted by Gasteiger charge is 2.14. The summed E-state index contributed by atoms with van der Waals surface area (Å²) in [5, 5.41) is 18.1. The minimum atomic E-state index is -0.192. The Kier molecular flexibility index (Phi) is 1.83. The Balaban J connectivity index is 3.10. The van der Waals surface area contributed by atoms with Crippen LogP contribution in [0, 0.1) is 0 Å². The van der Waals surface area contributed by atoms with Crippen molar-refractivity contribution in [3.05, 3.63) is 28.7 Å². The van der Waals surface area contributed by atoms with Gasteiger partial charge in [-0.05, 0) is 12.5 Å². The number of hydrogen-bond donors (Lipinski definition) is 2. The fourth-order valence-corrected chi connectivity index (χ4v) is 0.874. The number of allylic oxidation sites excluding steroid dienone is 3. The van der Waals surface area contributed by atoms with E-state index in [-0.39, 0.29) is 23.5 Å². The van der Waals surface area contributed by atoms with Gasteiger partial charge in [0.2, 0.25) is 0 Å². The van der Waals surface area contributed by atoms with Crippen LogP contribution in [-0.4, -0.2) is 16.2 Å². The predicted molar refractivity (Wildman–Crippen MR) is 39.9 cm³/mol. The van der Waals surface area contributed by atoms with Crippen LogP contribution < -0.4 is 0 Å². The molecule has 0 aromatic heterocycles. The Hall–Kier alpha value is -1.47. The number of rotatable bonds is 0. The topological polar surface area (TPSA) is 57.5 Å².